The van der Waals surface area contributed by atoms with Gasteiger partial charge in [-0.25, -0.2) is 0 Å². The molecule has 0 aliphatic carbocycles. The van der Waals surface area contributed by atoms with Crippen molar-refractivity contribution in [3.05, 3.63) is 58.7 Å². The molecular formula is C23H26N2O4. The van der Waals surface area contributed by atoms with Crippen LogP contribution in [-0.2, 0) is 11.3 Å². The molecular weight excluding hydrogens is 368 g/mol. The highest BCUT2D eigenvalue weighted by molar-refractivity contribution is 5.94. The summed E-state index contributed by atoms with van der Waals surface area (Å²) in [7, 11) is 0. The average molecular weight is 394 g/mol. The predicted molar refractivity (Wildman–Crippen MR) is 109 cm³/mol. The van der Waals surface area contributed by atoms with Crippen molar-refractivity contribution in [3.8, 4) is 11.5 Å². The number of likely N-dealkylation sites (tertiary alicyclic amines) is 1. The van der Waals surface area contributed by atoms with Gasteiger partial charge in [0.25, 0.3) is 5.91 Å². The zero-order chi connectivity index (χ0) is 20.4. The van der Waals surface area contributed by atoms with E-state index in [1.54, 1.807) is 0 Å². The van der Waals surface area contributed by atoms with E-state index in [-0.39, 0.29) is 24.5 Å². The lowest BCUT2D eigenvalue weighted by Crippen LogP contribution is -2.42. The molecule has 0 aromatic heterocycles. The van der Waals surface area contributed by atoms with Gasteiger partial charge in [0.2, 0.25) is 12.7 Å². The molecule has 29 heavy (non-hydrogen) atoms. The van der Waals surface area contributed by atoms with Crippen LogP contribution in [0.2, 0.25) is 0 Å². The smallest absolute Gasteiger partial charge is 0.253 e. The lowest BCUT2D eigenvalue weighted by atomic mass is 9.95. The van der Waals surface area contributed by atoms with Crippen LogP contribution < -0.4 is 14.8 Å². The molecule has 1 saturated heterocycles. The van der Waals surface area contributed by atoms with Crippen molar-refractivity contribution in [1.29, 1.82) is 0 Å². The molecule has 2 aromatic carbocycles. The molecule has 2 aliphatic rings. The van der Waals surface area contributed by atoms with E-state index in [0.717, 1.165) is 28.2 Å². The second kappa shape index (κ2) is 8.15. The number of nitrogens with one attached hydrogen (secondary N) is 1. The van der Waals surface area contributed by atoms with Crippen LogP contribution in [0.25, 0.3) is 0 Å². The Morgan fingerprint density at radius 1 is 1.00 bits per heavy atom. The molecule has 0 atom stereocenters. The van der Waals surface area contributed by atoms with Crippen molar-refractivity contribution >= 4 is 11.8 Å². The zero-order valence-electron chi connectivity index (χ0n) is 16.9. The molecule has 0 unspecified atom stereocenters. The van der Waals surface area contributed by atoms with Crippen LogP contribution in [0.3, 0.4) is 0 Å². The summed E-state index contributed by atoms with van der Waals surface area (Å²) in [4.78, 5) is 27.2. The number of fused-ring (bicyclic) bond motifs is 1. The van der Waals surface area contributed by atoms with Gasteiger partial charge in [0.1, 0.15) is 0 Å². The van der Waals surface area contributed by atoms with Gasteiger partial charge < -0.3 is 19.7 Å². The molecule has 0 spiro atoms. The summed E-state index contributed by atoms with van der Waals surface area (Å²) >= 11 is 0. The maximum atomic E-state index is 12.7. The van der Waals surface area contributed by atoms with Crippen molar-refractivity contribution in [1.82, 2.24) is 10.2 Å². The number of piperidine rings is 1. The van der Waals surface area contributed by atoms with Crippen LogP contribution in [0, 0.1) is 19.8 Å². The van der Waals surface area contributed by atoms with Crippen molar-refractivity contribution in [2.24, 2.45) is 5.92 Å². The fraction of sp³-hybridized carbons (Fsp3) is 0.391. The number of hydrogen-bond acceptors (Lipinski definition) is 4. The lowest BCUT2D eigenvalue weighted by molar-refractivity contribution is -0.126. The molecule has 1 N–H and O–H groups in total. The van der Waals surface area contributed by atoms with Gasteiger partial charge in [-0.3, -0.25) is 9.59 Å². The topological polar surface area (TPSA) is 67.9 Å². The van der Waals surface area contributed by atoms with Crippen LogP contribution >= 0.6 is 0 Å². The van der Waals surface area contributed by atoms with Crippen LogP contribution in [0.5, 0.6) is 11.5 Å². The summed E-state index contributed by atoms with van der Waals surface area (Å²) < 4.78 is 10.7. The number of amides is 2. The summed E-state index contributed by atoms with van der Waals surface area (Å²) in [6.45, 7) is 5.96. The van der Waals surface area contributed by atoms with Gasteiger partial charge in [0, 0.05) is 31.1 Å². The Kier molecular flexibility index (Phi) is 5.43. The van der Waals surface area contributed by atoms with E-state index < -0.39 is 0 Å². The number of carbonyl (C=O) groups is 2. The third-order valence-corrected chi connectivity index (χ3v) is 5.81. The minimum atomic E-state index is -0.0622. The quantitative estimate of drug-likeness (QED) is 0.865. The highest BCUT2D eigenvalue weighted by atomic mass is 16.7. The molecule has 0 bridgehead atoms. The molecule has 2 amide bonds. The largest absolute Gasteiger partial charge is 0.454 e. The first kappa shape index (κ1) is 19.3. The van der Waals surface area contributed by atoms with Crippen molar-refractivity contribution < 1.29 is 19.1 Å². The Hall–Kier alpha value is -3.02. The van der Waals surface area contributed by atoms with E-state index in [1.807, 2.05) is 55.1 Å². The minimum absolute atomic E-state index is 0.0425. The fourth-order valence-electron chi connectivity index (χ4n) is 3.79. The van der Waals surface area contributed by atoms with Crippen LogP contribution in [0.1, 0.15) is 39.9 Å². The first-order chi connectivity index (χ1) is 14.0. The summed E-state index contributed by atoms with van der Waals surface area (Å²) in [5, 5.41) is 3.01. The molecule has 0 radical (unpaired) electrons. The molecule has 0 saturated carbocycles. The van der Waals surface area contributed by atoms with E-state index in [4.69, 9.17) is 9.47 Å². The number of ether oxygens (including phenoxy) is 2. The maximum absolute atomic E-state index is 12.7. The SMILES string of the molecule is Cc1ccc(C(=O)N2CCC(C(=O)NCc3ccc4c(c3)OCO4)CC2)cc1C. The fourth-order valence-corrected chi connectivity index (χ4v) is 3.79. The molecule has 2 heterocycles. The summed E-state index contributed by atoms with van der Waals surface area (Å²) in [6, 6.07) is 11.5. The van der Waals surface area contributed by atoms with Crippen LogP contribution in [0.15, 0.2) is 36.4 Å². The van der Waals surface area contributed by atoms with Gasteiger partial charge in [0.15, 0.2) is 11.5 Å². The first-order valence-corrected chi connectivity index (χ1v) is 10.0. The van der Waals surface area contributed by atoms with Gasteiger partial charge in [-0.1, -0.05) is 12.1 Å². The van der Waals surface area contributed by atoms with Crippen molar-refractivity contribution in [2.75, 3.05) is 19.9 Å². The summed E-state index contributed by atoms with van der Waals surface area (Å²) in [5.74, 6) is 1.48. The number of aryl methyl sites for hydroxylation is 2. The van der Waals surface area contributed by atoms with Gasteiger partial charge in [-0.2, -0.15) is 0 Å². The second-order valence-corrected chi connectivity index (χ2v) is 7.77. The van der Waals surface area contributed by atoms with Crippen LogP contribution in [0.4, 0.5) is 0 Å². The summed E-state index contributed by atoms with van der Waals surface area (Å²) in [6.07, 6.45) is 1.37. The van der Waals surface area contributed by atoms with Crippen molar-refractivity contribution in [2.45, 2.75) is 33.2 Å². The van der Waals surface area contributed by atoms with Gasteiger partial charge >= 0.3 is 0 Å². The normalized spacial score (nSPS) is 16.0. The lowest BCUT2D eigenvalue weighted by Gasteiger charge is -2.31. The van der Waals surface area contributed by atoms with Crippen molar-refractivity contribution in [3.63, 3.8) is 0 Å². The molecule has 2 aromatic rings. The summed E-state index contributed by atoms with van der Waals surface area (Å²) in [5.41, 5.74) is 4.00. The highest BCUT2D eigenvalue weighted by Gasteiger charge is 2.28. The molecule has 2 aliphatic heterocycles. The average Bonchev–Trinajstić information content (AvgIpc) is 3.21. The maximum Gasteiger partial charge on any atom is 0.253 e. The molecule has 152 valence electrons. The van der Waals surface area contributed by atoms with Gasteiger partial charge in [0.05, 0.1) is 0 Å². The molecule has 6 nitrogen and oxygen atoms in total. The third-order valence-electron chi connectivity index (χ3n) is 5.81. The standard InChI is InChI=1S/C23H26N2O4/c1-15-3-5-19(11-16(15)2)23(27)25-9-7-18(8-10-25)22(26)24-13-17-4-6-20-21(12-17)29-14-28-20/h3-6,11-12,18H,7-10,13-14H2,1-2H3,(H,24,26). The predicted octanol–water partition coefficient (Wildman–Crippen LogP) is 3.20. The molecule has 4 rings (SSSR count). The van der Waals surface area contributed by atoms with E-state index in [2.05, 4.69) is 5.32 Å². The first-order valence-electron chi connectivity index (χ1n) is 10.0. The number of nitrogens with zero attached hydrogens (tertiary/aromatic N) is 1. The Morgan fingerprint density at radius 3 is 2.52 bits per heavy atom. The second-order valence-electron chi connectivity index (χ2n) is 7.77. The monoisotopic (exact) mass is 394 g/mol. The molecule has 6 heteroatoms. The highest BCUT2D eigenvalue weighted by Crippen LogP contribution is 2.32. The Balaban J connectivity index is 1.28. The Labute approximate surface area is 170 Å². The number of carbonyl (C=O) groups excluding carboxylic acids is 2. The third kappa shape index (κ3) is 4.21. The Bertz CT molecular complexity index is 932. The van der Waals surface area contributed by atoms with E-state index in [0.29, 0.717) is 32.5 Å². The van der Waals surface area contributed by atoms with E-state index >= 15 is 0 Å². The minimum Gasteiger partial charge on any atom is -0.454 e. The van der Waals surface area contributed by atoms with E-state index in [1.165, 1.54) is 5.56 Å². The number of hydrogen-bond donors (Lipinski definition) is 1. The van der Waals surface area contributed by atoms with Crippen LogP contribution in [-0.4, -0.2) is 36.6 Å². The number of benzene rings is 2. The number of rotatable bonds is 4. The van der Waals surface area contributed by atoms with E-state index in [9.17, 15) is 9.59 Å². The van der Waals surface area contributed by atoms with Gasteiger partial charge in [-0.15, -0.1) is 0 Å². The van der Waals surface area contributed by atoms with Gasteiger partial charge in [-0.05, 0) is 67.6 Å². The Morgan fingerprint density at radius 2 is 1.76 bits per heavy atom. The zero-order valence-corrected chi connectivity index (χ0v) is 16.9. The molecule has 1 fully saturated rings.